The number of ether oxygens (including phenoxy) is 2. The van der Waals surface area contributed by atoms with E-state index in [0.29, 0.717) is 22.6 Å². The molecule has 5 rings (SSSR count). The van der Waals surface area contributed by atoms with Gasteiger partial charge in [-0.3, -0.25) is 19.7 Å². The SMILES string of the molecule is COc1cccc(C=NN2C(=O)C3C4C=CC(C4)C3C2=O)c1OCc1cccc([N+](=O)[O-])c1. The van der Waals surface area contributed by atoms with Crippen molar-refractivity contribution in [3.8, 4) is 11.5 Å². The second-order valence-corrected chi connectivity index (χ2v) is 8.33. The Morgan fingerprint density at radius 3 is 2.48 bits per heavy atom. The van der Waals surface area contributed by atoms with Gasteiger partial charge in [-0.2, -0.15) is 10.1 Å². The number of hydrogen-bond donors (Lipinski definition) is 0. The van der Waals surface area contributed by atoms with E-state index < -0.39 is 4.92 Å². The van der Waals surface area contributed by atoms with Gasteiger partial charge in [0.1, 0.15) is 6.61 Å². The second-order valence-electron chi connectivity index (χ2n) is 8.33. The molecule has 0 N–H and O–H groups in total. The number of carbonyl (C=O) groups is 2. The van der Waals surface area contributed by atoms with Crippen molar-refractivity contribution in [2.45, 2.75) is 13.0 Å². The largest absolute Gasteiger partial charge is 0.493 e. The molecule has 0 aromatic heterocycles. The third kappa shape index (κ3) is 3.55. The first kappa shape index (κ1) is 20.9. The van der Waals surface area contributed by atoms with Crippen LogP contribution in [0.3, 0.4) is 0 Å². The van der Waals surface area contributed by atoms with Crippen LogP contribution in [0.1, 0.15) is 17.5 Å². The average Bonchev–Trinajstić information content (AvgIpc) is 3.50. The normalized spacial score (nSPS) is 25.2. The lowest BCUT2D eigenvalue weighted by molar-refractivity contribution is -0.384. The van der Waals surface area contributed by atoms with Crippen LogP contribution in [-0.2, 0) is 16.2 Å². The quantitative estimate of drug-likeness (QED) is 0.212. The first-order valence-corrected chi connectivity index (χ1v) is 10.6. The molecule has 1 aliphatic heterocycles. The number of hydrogen-bond acceptors (Lipinski definition) is 7. The molecular formula is C24H21N3O6. The van der Waals surface area contributed by atoms with Gasteiger partial charge in [0.05, 0.1) is 30.1 Å². The molecule has 0 radical (unpaired) electrons. The van der Waals surface area contributed by atoms with E-state index in [2.05, 4.69) is 5.10 Å². The zero-order chi connectivity index (χ0) is 23.1. The van der Waals surface area contributed by atoms with Crippen LogP contribution in [0, 0.1) is 33.8 Å². The molecule has 9 heteroatoms. The number of nitrogens with zero attached hydrogens (tertiary/aromatic N) is 3. The van der Waals surface area contributed by atoms with Gasteiger partial charge in [0.15, 0.2) is 11.5 Å². The van der Waals surface area contributed by atoms with E-state index in [1.165, 1.54) is 25.5 Å². The summed E-state index contributed by atoms with van der Waals surface area (Å²) in [6, 6.07) is 11.3. The van der Waals surface area contributed by atoms with E-state index in [1.54, 1.807) is 30.3 Å². The lowest BCUT2D eigenvalue weighted by atomic mass is 9.85. The first-order chi connectivity index (χ1) is 16.0. The van der Waals surface area contributed by atoms with E-state index in [4.69, 9.17) is 9.47 Å². The molecule has 3 aliphatic rings. The van der Waals surface area contributed by atoms with E-state index in [-0.39, 0.29) is 47.8 Å². The predicted molar refractivity (Wildman–Crippen MR) is 118 cm³/mol. The number of imide groups is 1. The topological polar surface area (TPSA) is 111 Å². The molecule has 1 heterocycles. The molecule has 4 atom stereocenters. The number of rotatable bonds is 7. The fourth-order valence-corrected chi connectivity index (χ4v) is 4.99. The summed E-state index contributed by atoms with van der Waals surface area (Å²) >= 11 is 0. The minimum absolute atomic E-state index is 0.0297. The number of hydrazone groups is 1. The van der Waals surface area contributed by atoms with Crippen LogP contribution in [-0.4, -0.2) is 35.1 Å². The maximum Gasteiger partial charge on any atom is 0.269 e. The Morgan fingerprint density at radius 1 is 1.12 bits per heavy atom. The van der Waals surface area contributed by atoms with Gasteiger partial charge in [0, 0.05) is 17.7 Å². The zero-order valence-electron chi connectivity index (χ0n) is 17.8. The van der Waals surface area contributed by atoms with E-state index in [9.17, 15) is 19.7 Å². The summed E-state index contributed by atoms with van der Waals surface area (Å²) in [7, 11) is 1.49. The Morgan fingerprint density at radius 2 is 1.82 bits per heavy atom. The number of nitro groups is 1. The number of carbonyl (C=O) groups excluding carboxylic acids is 2. The average molecular weight is 447 g/mol. The lowest BCUT2D eigenvalue weighted by Gasteiger charge is -2.14. The van der Waals surface area contributed by atoms with Crippen molar-refractivity contribution in [1.29, 1.82) is 0 Å². The molecule has 2 aromatic rings. The molecule has 1 saturated carbocycles. The number of benzene rings is 2. The summed E-state index contributed by atoms with van der Waals surface area (Å²) < 4.78 is 11.3. The number of fused-ring (bicyclic) bond motifs is 5. The smallest absolute Gasteiger partial charge is 0.269 e. The van der Waals surface area contributed by atoms with Crippen LogP contribution in [0.2, 0.25) is 0 Å². The molecule has 2 bridgehead atoms. The van der Waals surface area contributed by atoms with Crippen LogP contribution < -0.4 is 9.47 Å². The van der Waals surface area contributed by atoms with Crippen LogP contribution in [0.25, 0.3) is 0 Å². The third-order valence-corrected chi connectivity index (χ3v) is 6.49. The van der Waals surface area contributed by atoms with E-state index in [1.807, 2.05) is 12.2 Å². The van der Waals surface area contributed by atoms with Crippen molar-refractivity contribution in [1.82, 2.24) is 5.01 Å². The molecule has 1 saturated heterocycles. The molecular weight excluding hydrogens is 426 g/mol. The van der Waals surface area contributed by atoms with Crippen molar-refractivity contribution < 1.29 is 24.0 Å². The van der Waals surface area contributed by atoms with Gasteiger partial charge in [0.2, 0.25) is 0 Å². The summed E-state index contributed by atoms with van der Waals surface area (Å²) in [5, 5.41) is 16.2. The van der Waals surface area contributed by atoms with E-state index >= 15 is 0 Å². The summed E-state index contributed by atoms with van der Waals surface area (Å²) in [6.45, 7) is 0.0592. The highest BCUT2D eigenvalue weighted by molar-refractivity contribution is 6.07. The molecule has 4 unspecified atom stereocenters. The Bertz CT molecular complexity index is 1180. The van der Waals surface area contributed by atoms with Gasteiger partial charge >= 0.3 is 0 Å². The monoisotopic (exact) mass is 447 g/mol. The summed E-state index contributed by atoms with van der Waals surface area (Å²) in [5.41, 5.74) is 1.09. The van der Waals surface area contributed by atoms with Gasteiger partial charge in [0.25, 0.3) is 17.5 Å². The summed E-state index contributed by atoms with van der Waals surface area (Å²) in [6.07, 6.45) is 6.34. The lowest BCUT2D eigenvalue weighted by Crippen LogP contribution is -2.28. The molecule has 33 heavy (non-hydrogen) atoms. The predicted octanol–water partition coefficient (Wildman–Crippen LogP) is 3.32. The van der Waals surface area contributed by atoms with Crippen LogP contribution in [0.15, 0.2) is 59.7 Å². The number of nitro benzene ring substituents is 1. The second kappa shape index (κ2) is 8.16. The van der Waals surface area contributed by atoms with Gasteiger partial charge < -0.3 is 9.47 Å². The number of allylic oxidation sites excluding steroid dienone is 2. The van der Waals surface area contributed by atoms with Gasteiger partial charge in [-0.05, 0) is 36.0 Å². The minimum atomic E-state index is -0.466. The van der Waals surface area contributed by atoms with Gasteiger partial charge in [-0.1, -0.05) is 30.4 Å². The molecule has 2 aliphatic carbocycles. The number of non-ortho nitro benzene ring substituents is 1. The molecule has 0 spiro atoms. The fourth-order valence-electron chi connectivity index (χ4n) is 4.99. The minimum Gasteiger partial charge on any atom is -0.493 e. The van der Waals surface area contributed by atoms with Crippen molar-refractivity contribution in [3.05, 3.63) is 75.9 Å². The molecule has 2 aromatic carbocycles. The van der Waals surface area contributed by atoms with Crippen LogP contribution in [0.5, 0.6) is 11.5 Å². The molecule has 2 fully saturated rings. The van der Waals surface area contributed by atoms with Crippen LogP contribution in [0.4, 0.5) is 5.69 Å². The summed E-state index contributed by atoms with van der Waals surface area (Å²) in [4.78, 5) is 36.3. The highest BCUT2D eigenvalue weighted by Gasteiger charge is 2.59. The maximum atomic E-state index is 12.9. The fraction of sp³-hybridized carbons (Fsp3) is 0.292. The van der Waals surface area contributed by atoms with Crippen molar-refractivity contribution in [3.63, 3.8) is 0 Å². The Hall–Kier alpha value is -4.01. The number of para-hydroxylation sites is 1. The molecule has 168 valence electrons. The van der Waals surface area contributed by atoms with Gasteiger partial charge in [-0.15, -0.1) is 0 Å². The van der Waals surface area contributed by atoms with Crippen molar-refractivity contribution >= 4 is 23.7 Å². The highest BCUT2D eigenvalue weighted by atomic mass is 16.6. The standard InChI is InChI=1S/C24H21N3O6/c1-32-19-7-3-5-17(22(19)33-13-14-4-2-6-18(10-14)27(30)31)12-25-26-23(28)20-15-8-9-16(11-15)21(20)24(26)29/h2-10,12,15-16,20-21H,11,13H2,1H3. The molecule has 9 nitrogen and oxygen atoms in total. The molecule has 2 amide bonds. The Kier molecular flexibility index (Phi) is 5.16. The van der Waals surface area contributed by atoms with Crippen LogP contribution >= 0.6 is 0 Å². The zero-order valence-corrected chi connectivity index (χ0v) is 17.8. The maximum absolute atomic E-state index is 12.9. The highest BCUT2D eigenvalue weighted by Crippen LogP contribution is 2.52. The summed E-state index contributed by atoms with van der Waals surface area (Å²) in [5.74, 6) is -0.150. The first-order valence-electron chi connectivity index (χ1n) is 10.6. The number of amides is 2. The van der Waals surface area contributed by atoms with Gasteiger partial charge in [-0.25, -0.2) is 0 Å². The third-order valence-electron chi connectivity index (χ3n) is 6.49. The van der Waals surface area contributed by atoms with E-state index in [0.717, 1.165) is 11.4 Å². The number of methoxy groups -OCH3 is 1. The van der Waals surface area contributed by atoms with Crippen molar-refractivity contribution in [2.24, 2.45) is 28.8 Å². The van der Waals surface area contributed by atoms with Crippen molar-refractivity contribution in [2.75, 3.05) is 7.11 Å². The Balaban J connectivity index is 1.38. The Labute approximate surface area is 189 Å².